The molecule has 17 heavy (non-hydrogen) atoms. The Labute approximate surface area is 112 Å². The van der Waals surface area contributed by atoms with Crippen molar-refractivity contribution in [2.24, 2.45) is 0 Å². The Balaban J connectivity index is 2.74. The van der Waals surface area contributed by atoms with Crippen LogP contribution in [0.15, 0.2) is 24.8 Å². The van der Waals surface area contributed by atoms with Crippen LogP contribution in [0.4, 0.5) is 0 Å². The zero-order valence-electron chi connectivity index (χ0n) is 10.5. The Bertz CT molecular complexity index is 374. The van der Waals surface area contributed by atoms with E-state index in [1.807, 2.05) is 18.2 Å². The molecule has 0 atom stereocenters. The molecule has 0 aliphatic rings. The first-order valence-electron chi connectivity index (χ1n) is 5.69. The maximum atomic E-state index is 5.28. The van der Waals surface area contributed by atoms with E-state index in [2.05, 4.69) is 22.5 Å². The molecule has 0 N–H and O–H groups in total. The molecular formula is C14H19BrO2. The second-order valence-corrected chi connectivity index (χ2v) is 4.61. The van der Waals surface area contributed by atoms with E-state index in [0.717, 1.165) is 40.8 Å². The molecule has 1 aromatic rings. The normalized spacial score (nSPS) is 10.1. The Morgan fingerprint density at radius 1 is 1.18 bits per heavy atom. The Morgan fingerprint density at radius 2 is 1.88 bits per heavy atom. The van der Waals surface area contributed by atoms with Crippen LogP contribution >= 0.6 is 15.9 Å². The molecule has 0 aliphatic carbocycles. The molecule has 94 valence electrons. The lowest BCUT2D eigenvalue weighted by Crippen LogP contribution is -1.92. The largest absolute Gasteiger partial charge is 0.493 e. The number of hydrogen-bond donors (Lipinski definition) is 0. The average molecular weight is 299 g/mol. The molecule has 0 spiro atoms. The third-order valence-corrected chi connectivity index (χ3v) is 3.21. The van der Waals surface area contributed by atoms with Gasteiger partial charge in [-0.2, -0.15) is 0 Å². The van der Waals surface area contributed by atoms with Crippen LogP contribution in [-0.2, 0) is 0 Å². The van der Waals surface area contributed by atoms with E-state index in [-0.39, 0.29) is 0 Å². The van der Waals surface area contributed by atoms with Crippen LogP contribution in [0.25, 0.3) is 5.57 Å². The summed E-state index contributed by atoms with van der Waals surface area (Å²) < 4.78 is 10.5. The van der Waals surface area contributed by atoms with Gasteiger partial charge in [-0.05, 0) is 42.5 Å². The molecule has 0 aliphatic heterocycles. The maximum absolute atomic E-state index is 5.28. The minimum Gasteiger partial charge on any atom is -0.493 e. The standard InChI is InChI=1S/C14H19BrO2/c1-11(6-4-5-9-15)12-7-8-13(16-2)14(10-12)17-3/h7-8,10H,1,4-6,9H2,2-3H3. The molecule has 0 radical (unpaired) electrons. The number of allylic oxidation sites excluding steroid dienone is 1. The summed E-state index contributed by atoms with van der Waals surface area (Å²) in [4.78, 5) is 0. The predicted molar refractivity (Wildman–Crippen MR) is 76.2 cm³/mol. The van der Waals surface area contributed by atoms with Gasteiger partial charge in [0.1, 0.15) is 0 Å². The van der Waals surface area contributed by atoms with E-state index < -0.39 is 0 Å². The number of halogens is 1. The highest BCUT2D eigenvalue weighted by Gasteiger charge is 2.06. The van der Waals surface area contributed by atoms with Crippen molar-refractivity contribution in [1.82, 2.24) is 0 Å². The smallest absolute Gasteiger partial charge is 0.161 e. The van der Waals surface area contributed by atoms with Crippen LogP contribution in [0.5, 0.6) is 11.5 Å². The average Bonchev–Trinajstić information content (AvgIpc) is 2.38. The zero-order chi connectivity index (χ0) is 12.7. The van der Waals surface area contributed by atoms with E-state index in [1.54, 1.807) is 14.2 Å². The number of rotatable bonds is 7. The lowest BCUT2D eigenvalue weighted by molar-refractivity contribution is 0.355. The summed E-state index contributed by atoms with van der Waals surface area (Å²) >= 11 is 3.43. The van der Waals surface area contributed by atoms with Crippen molar-refractivity contribution in [2.75, 3.05) is 19.5 Å². The van der Waals surface area contributed by atoms with Crippen molar-refractivity contribution < 1.29 is 9.47 Å². The molecular weight excluding hydrogens is 280 g/mol. The molecule has 2 nitrogen and oxygen atoms in total. The highest BCUT2D eigenvalue weighted by molar-refractivity contribution is 9.09. The molecule has 1 rings (SSSR count). The molecule has 0 aromatic heterocycles. The van der Waals surface area contributed by atoms with Crippen molar-refractivity contribution in [3.63, 3.8) is 0 Å². The van der Waals surface area contributed by atoms with Crippen molar-refractivity contribution in [2.45, 2.75) is 19.3 Å². The monoisotopic (exact) mass is 298 g/mol. The highest BCUT2D eigenvalue weighted by Crippen LogP contribution is 2.31. The van der Waals surface area contributed by atoms with Gasteiger partial charge in [0.2, 0.25) is 0 Å². The summed E-state index contributed by atoms with van der Waals surface area (Å²) in [6.45, 7) is 4.12. The molecule has 0 saturated heterocycles. The third kappa shape index (κ3) is 4.08. The summed E-state index contributed by atoms with van der Waals surface area (Å²) in [5, 5.41) is 1.05. The minimum absolute atomic E-state index is 0.754. The Hall–Kier alpha value is -0.960. The van der Waals surface area contributed by atoms with Gasteiger partial charge < -0.3 is 9.47 Å². The van der Waals surface area contributed by atoms with Gasteiger partial charge in [-0.15, -0.1) is 0 Å². The summed E-state index contributed by atoms with van der Waals surface area (Å²) in [6.07, 6.45) is 3.34. The van der Waals surface area contributed by atoms with Gasteiger partial charge in [-0.3, -0.25) is 0 Å². The molecule has 0 amide bonds. The molecule has 0 bridgehead atoms. The van der Waals surface area contributed by atoms with Crippen LogP contribution in [-0.4, -0.2) is 19.5 Å². The first-order chi connectivity index (χ1) is 8.22. The maximum Gasteiger partial charge on any atom is 0.161 e. The first-order valence-corrected chi connectivity index (χ1v) is 6.81. The lowest BCUT2D eigenvalue weighted by atomic mass is 10.0. The van der Waals surface area contributed by atoms with Crippen molar-refractivity contribution in [3.05, 3.63) is 30.3 Å². The number of ether oxygens (including phenoxy) is 2. The van der Waals surface area contributed by atoms with E-state index in [0.29, 0.717) is 0 Å². The lowest BCUT2D eigenvalue weighted by Gasteiger charge is -2.11. The fraction of sp³-hybridized carbons (Fsp3) is 0.429. The van der Waals surface area contributed by atoms with Crippen LogP contribution in [0.3, 0.4) is 0 Å². The zero-order valence-corrected chi connectivity index (χ0v) is 12.0. The number of alkyl halides is 1. The van der Waals surface area contributed by atoms with Crippen molar-refractivity contribution in [3.8, 4) is 11.5 Å². The molecule has 1 aromatic carbocycles. The van der Waals surface area contributed by atoms with Gasteiger partial charge in [0.05, 0.1) is 14.2 Å². The number of hydrogen-bond acceptors (Lipinski definition) is 2. The molecule has 0 unspecified atom stereocenters. The number of benzene rings is 1. The quantitative estimate of drug-likeness (QED) is 0.552. The summed E-state index contributed by atoms with van der Waals surface area (Å²) in [6, 6.07) is 5.93. The second-order valence-electron chi connectivity index (χ2n) is 3.82. The minimum atomic E-state index is 0.754. The van der Waals surface area contributed by atoms with E-state index >= 15 is 0 Å². The highest BCUT2D eigenvalue weighted by atomic mass is 79.9. The molecule has 3 heteroatoms. The first kappa shape index (κ1) is 14.1. The number of unbranched alkanes of at least 4 members (excludes halogenated alkanes) is 1. The second kappa shape index (κ2) is 7.38. The summed E-state index contributed by atoms with van der Waals surface area (Å²) in [7, 11) is 3.29. The van der Waals surface area contributed by atoms with E-state index in [1.165, 1.54) is 6.42 Å². The summed E-state index contributed by atoms with van der Waals surface area (Å²) in [5.41, 5.74) is 2.27. The Morgan fingerprint density at radius 3 is 2.47 bits per heavy atom. The van der Waals surface area contributed by atoms with Crippen LogP contribution in [0.2, 0.25) is 0 Å². The van der Waals surface area contributed by atoms with Crippen molar-refractivity contribution >= 4 is 21.5 Å². The van der Waals surface area contributed by atoms with Gasteiger partial charge in [0.15, 0.2) is 11.5 Å². The topological polar surface area (TPSA) is 18.5 Å². The number of methoxy groups -OCH3 is 2. The van der Waals surface area contributed by atoms with Gasteiger partial charge in [0, 0.05) is 5.33 Å². The molecule has 0 fully saturated rings. The van der Waals surface area contributed by atoms with E-state index in [9.17, 15) is 0 Å². The third-order valence-electron chi connectivity index (χ3n) is 2.65. The Kier molecular flexibility index (Phi) is 6.12. The SMILES string of the molecule is C=C(CCCCBr)c1ccc(OC)c(OC)c1. The van der Waals surface area contributed by atoms with Crippen LogP contribution < -0.4 is 9.47 Å². The van der Waals surface area contributed by atoms with Crippen LogP contribution in [0.1, 0.15) is 24.8 Å². The fourth-order valence-electron chi connectivity index (χ4n) is 1.63. The van der Waals surface area contributed by atoms with Gasteiger partial charge in [-0.1, -0.05) is 28.6 Å². The van der Waals surface area contributed by atoms with Crippen LogP contribution in [0, 0.1) is 0 Å². The summed E-state index contributed by atoms with van der Waals surface area (Å²) in [5.74, 6) is 1.51. The van der Waals surface area contributed by atoms with E-state index in [4.69, 9.17) is 9.47 Å². The molecule has 0 saturated carbocycles. The van der Waals surface area contributed by atoms with Crippen molar-refractivity contribution in [1.29, 1.82) is 0 Å². The fourth-order valence-corrected chi connectivity index (χ4v) is 2.03. The van der Waals surface area contributed by atoms with Gasteiger partial charge in [-0.25, -0.2) is 0 Å². The van der Waals surface area contributed by atoms with Gasteiger partial charge in [0.25, 0.3) is 0 Å². The van der Waals surface area contributed by atoms with Gasteiger partial charge >= 0.3 is 0 Å². The predicted octanol–water partition coefficient (Wildman–Crippen LogP) is 4.28. The molecule has 0 heterocycles.